The molecule has 2 aromatic rings. The number of aromatic nitrogens is 2. The van der Waals surface area contributed by atoms with Gasteiger partial charge in [-0.2, -0.15) is 5.10 Å². The number of carbonyl (C=O) groups excluding carboxylic acids is 1. The van der Waals surface area contributed by atoms with Crippen molar-refractivity contribution in [2.75, 3.05) is 13.2 Å². The number of carbonyl (C=O) groups is 1. The topological polar surface area (TPSA) is 69.2 Å². The molecule has 3 rings (SSSR count). The predicted molar refractivity (Wildman–Crippen MR) is 76.5 cm³/mol. The number of H-pyrrole nitrogens is 1. The maximum Gasteiger partial charge on any atom is 0.254 e. The second kappa shape index (κ2) is 5.63. The molecule has 0 radical (unpaired) electrons. The standard InChI is InChI=1S/C15H19N3O2/c19-8-6-13-3-1-2-7-18(13)15(20)11-4-5-14-12(9-11)10-16-17-14/h4-5,9-10,13,19H,1-3,6-8H2,(H,16,17)/t13-/m0/s1. The lowest BCUT2D eigenvalue weighted by molar-refractivity contribution is 0.0575. The molecule has 0 spiro atoms. The third-order valence-corrected chi connectivity index (χ3v) is 4.04. The first kappa shape index (κ1) is 13.1. The Hall–Kier alpha value is -1.88. The van der Waals surface area contributed by atoms with E-state index in [1.807, 2.05) is 23.1 Å². The summed E-state index contributed by atoms with van der Waals surface area (Å²) in [6.07, 6.45) is 5.56. The van der Waals surface area contributed by atoms with Gasteiger partial charge >= 0.3 is 0 Å². The van der Waals surface area contributed by atoms with E-state index in [0.717, 1.165) is 36.7 Å². The molecule has 5 heteroatoms. The minimum Gasteiger partial charge on any atom is -0.396 e. The normalized spacial score (nSPS) is 19.4. The molecule has 20 heavy (non-hydrogen) atoms. The Morgan fingerprint density at radius 2 is 2.35 bits per heavy atom. The Morgan fingerprint density at radius 1 is 1.45 bits per heavy atom. The number of benzene rings is 1. The Labute approximate surface area is 117 Å². The van der Waals surface area contributed by atoms with Gasteiger partial charge in [0, 0.05) is 30.1 Å². The van der Waals surface area contributed by atoms with Gasteiger partial charge in [-0.1, -0.05) is 0 Å². The number of aliphatic hydroxyl groups is 1. The van der Waals surface area contributed by atoms with Crippen LogP contribution in [0.2, 0.25) is 0 Å². The molecule has 0 saturated carbocycles. The zero-order valence-electron chi connectivity index (χ0n) is 11.4. The molecule has 106 valence electrons. The fraction of sp³-hybridized carbons (Fsp3) is 0.467. The molecule has 0 bridgehead atoms. The van der Waals surface area contributed by atoms with Gasteiger partial charge in [-0.25, -0.2) is 0 Å². The van der Waals surface area contributed by atoms with Crippen LogP contribution in [-0.2, 0) is 0 Å². The summed E-state index contributed by atoms with van der Waals surface area (Å²) in [6.45, 7) is 0.919. The molecule has 0 aliphatic carbocycles. The Bertz CT molecular complexity index is 606. The minimum atomic E-state index is 0.0613. The lowest BCUT2D eigenvalue weighted by atomic mass is 9.98. The molecule has 0 unspecified atom stereocenters. The van der Waals surface area contributed by atoms with E-state index in [-0.39, 0.29) is 18.6 Å². The number of amides is 1. The third kappa shape index (κ3) is 2.41. The van der Waals surface area contributed by atoms with Crippen molar-refractivity contribution in [2.45, 2.75) is 31.7 Å². The van der Waals surface area contributed by atoms with Crippen molar-refractivity contribution in [1.29, 1.82) is 0 Å². The number of hydrogen-bond acceptors (Lipinski definition) is 3. The summed E-state index contributed by atoms with van der Waals surface area (Å²) in [4.78, 5) is 14.6. The van der Waals surface area contributed by atoms with Crippen LogP contribution in [0.15, 0.2) is 24.4 Å². The average molecular weight is 273 g/mol. The lowest BCUT2D eigenvalue weighted by Crippen LogP contribution is -2.44. The quantitative estimate of drug-likeness (QED) is 0.898. The molecular weight excluding hydrogens is 254 g/mol. The Balaban J connectivity index is 1.85. The Kier molecular flexibility index (Phi) is 3.69. The van der Waals surface area contributed by atoms with Crippen molar-refractivity contribution in [3.63, 3.8) is 0 Å². The van der Waals surface area contributed by atoms with Crippen LogP contribution in [-0.4, -0.2) is 45.3 Å². The van der Waals surface area contributed by atoms with Crippen LogP contribution in [0.1, 0.15) is 36.0 Å². The number of aliphatic hydroxyl groups excluding tert-OH is 1. The van der Waals surface area contributed by atoms with E-state index >= 15 is 0 Å². The fourth-order valence-electron chi connectivity index (χ4n) is 2.96. The van der Waals surface area contributed by atoms with Crippen LogP contribution in [0.3, 0.4) is 0 Å². The molecule has 1 aromatic carbocycles. The van der Waals surface area contributed by atoms with Crippen LogP contribution < -0.4 is 0 Å². The number of fused-ring (bicyclic) bond motifs is 1. The molecule has 1 aromatic heterocycles. The monoisotopic (exact) mass is 273 g/mol. The number of nitrogens with one attached hydrogen (secondary N) is 1. The van der Waals surface area contributed by atoms with Crippen molar-refractivity contribution in [3.8, 4) is 0 Å². The number of likely N-dealkylation sites (tertiary alicyclic amines) is 1. The molecule has 5 nitrogen and oxygen atoms in total. The zero-order chi connectivity index (χ0) is 13.9. The van der Waals surface area contributed by atoms with E-state index in [4.69, 9.17) is 5.11 Å². The highest BCUT2D eigenvalue weighted by molar-refractivity contribution is 5.98. The smallest absolute Gasteiger partial charge is 0.254 e. The Morgan fingerprint density at radius 3 is 3.20 bits per heavy atom. The van der Waals surface area contributed by atoms with E-state index in [2.05, 4.69) is 10.2 Å². The van der Waals surface area contributed by atoms with Gasteiger partial charge in [0.25, 0.3) is 5.91 Å². The van der Waals surface area contributed by atoms with E-state index in [9.17, 15) is 4.79 Å². The number of piperidine rings is 1. The largest absolute Gasteiger partial charge is 0.396 e. The van der Waals surface area contributed by atoms with Gasteiger partial charge < -0.3 is 10.0 Å². The molecule has 2 heterocycles. The summed E-state index contributed by atoms with van der Waals surface area (Å²) in [7, 11) is 0. The number of nitrogens with zero attached hydrogens (tertiary/aromatic N) is 2. The second-order valence-corrected chi connectivity index (χ2v) is 5.33. The molecule has 1 amide bonds. The number of hydrogen-bond donors (Lipinski definition) is 2. The average Bonchev–Trinajstić information content (AvgIpc) is 2.95. The van der Waals surface area contributed by atoms with Gasteiger partial charge in [-0.15, -0.1) is 0 Å². The minimum absolute atomic E-state index is 0.0613. The molecule has 1 aliphatic rings. The summed E-state index contributed by atoms with van der Waals surface area (Å²) >= 11 is 0. The highest BCUT2D eigenvalue weighted by Crippen LogP contribution is 2.23. The van der Waals surface area contributed by atoms with Crippen LogP contribution in [0.4, 0.5) is 0 Å². The summed E-state index contributed by atoms with van der Waals surface area (Å²) in [6, 6.07) is 5.78. The summed E-state index contributed by atoms with van der Waals surface area (Å²) in [5.74, 6) is 0.0613. The van der Waals surface area contributed by atoms with Gasteiger partial charge in [0.05, 0.1) is 11.7 Å². The molecule has 2 N–H and O–H groups in total. The molecule has 1 aliphatic heterocycles. The molecule has 1 fully saturated rings. The van der Waals surface area contributed by atoms with Gasteiger partial charge in [0.2, 0.25) is 0 Å². The van der Waals surface area contributed by atoms with E-state index < -0.39 is 0 Å². The van der Waals surface area contributed by atoms with E-state index in [0.29, 0.717) is 12.0 Å². The van der Waals surface area contributed by atoms with Crippen LogP contribution in [0.25, 0.3) is 10.9 Å². The van der Waals surface area contributed by atoms with Crippen molar-refractivity contribution in [3.05, 3.63) is 30.0 Å². The highest BCUT2D eigenvalue weighted by Gasteiger charge is 2.27. The van der Waals surface area contributed by atoms with Gasteiger partial charge in [0.15, 0.2) is 0 Å². The molecular formula is C15H19N3O2. The van der Waals surface area contributed by atoms with Crippen molar-refractivity contribution in [1.82, 2.24) is 15.1 Å². The van der Waals surface area contributed by atoms with Gasteiger partial charge in [-0.05, 0) is 43.9 Å². The maximum absolute atomic E-state index is 12.7. The highest BCUT2D eigenvalue weighted by atomic mass is 16.3. The van der Waals surface area contributed by atoms with Gasteiger partial charge in [-0.3, -0.25) is 9.89 Å². The fourth-order valence-corrected chi connectivity index (χ4v) is 2.96. The summed E-state index contributed by atoms with van der Waals surface area (Å²) in [5.41, 5.74) is 1.64. The first-order valence-corrected chi connectivity index (χ1v) is 7.14. The third-order valence-electron chi connectivity index (χ3n) is 4.04. The SMILES string of the molecule is O=C(c1ccc2[nH]ncc2c1)N1CCCC[C@H]1CCO. The predicted octanol–water partition coefficient (Wildman–Crippen LogP) is 1.94. The van der Waals surface area contributed by atoms with E-state index in [1.165, 1.54) is 0 Å². The maximum atomic E-state index is 12.7. The van der Waals surface area contributed by atoms with Gasteiger partial charge in [0.1, 0.15) is 0 Å². The van der Waals surface area contributed by atoms with Crippen molar-refractivity contribution < 1.29 is 9.90 Å². The zero-order valence-corrected chi connectivity index (χ0v) is 11.4. The first-order valence-electron chi connectivity index (χ1n) is 7.14. The molecule has 1 atom stereocenters. The van der Waals surface area contributed by atoms with E-state index in [1.54, 1.807) is 6.20 Å². The molecule has 1 saturated heterocycles. The van der Waals surface area contributed by atoms with Crippen LogP contribution in [0.5, 0.6) is 0 Å². The van der Waals surface area contributed by atoms with Crippen molar-refractivity contribution in [2.24, 2.45) is 0 Å². The number of rotatable bonds is 3. The van der Waals surface area contributed by atoms with Crippen LogP contribution >= 0.6 is 0 Å². The second-order valence-electron chi connectivity index (χ2n) is 5.33. The lowest BCUT2D eigenvalue weighted by Gasteiger charge is -2.35. The summed E-state index contributed by atoms with van der Waals surface area (Å²) in [5, 5.41) is 17.0. The number of aromatic amines is 1. The van der Waals surface area contributed by atoms with Crippen molar-refractivity contribution >= 4 is 16.8 Å². The summed E-state index contributed by atoms with van der Waals surface area (Å²) < 4.78 is 0. The van der Waals surface area contributed by atoms with Crippen LogP contribution in [0, 0.1) is 0 Å². The first-order chi connectivity index (χ1) is 9.79.